The van der Waals surface area contributed by atoms with Crippen molar-refractivity contribution in [3.8, 4) is 6.07 Å². The van der Waals surface area contributed by atoms with E-state index in [0.717, 1.165) is 20.9 Å². The summed E-state index contributed by atoms with van der Waals surface area (Å²) in [6.07, 6.45) is 1.04. The number of thiophene rings is 1. The van der Waals surface area contributed by atoms with Gasteiger partial charge in [0, 0.05) is 18.5 Å². The Morgan fingerprint density at radius 1 is 1.50 bits per heavy atom. The number of rotatable bonds is 1. The van der Waals surface area contributed by atoms with Crippen LogP contribution in [0.1, 0.15) is 17.4 Å². The molecule has 0 aliphatic heterocycles. The van der Waals surface area contributed by atoms with Gasteiger partial charge in [0.15, 0.2) is 0 Å². The molecule has 0 radical (unpaired) electrons. The highest BCUT2D eigenvalue weighted by Gasteiger charge is 2.07. The van der Waals surface area contributed by atoms with Gasteiger partial charge in [-0.05, 0) is 47.2 Å². The van der Waals surface area contributed by atoms with Gasteiger partial charge in [0.1, 0.15) is 6.07 Å². The fourth-order valence-corrected chi connectivity index (χ4v) is 3.03. The second kappa shape index (κ2) is 3.87. The number of nitriles is 1. The smallest absolute Gasteiger partial charge is 0.101 e. The van der Waals surface area contributed by atoms with Gasteiger partial charge < -0.3 is 0 Å². The van der Waals surface area contributed by atoms with Crippen LogP contribution < -0.4 is 0 Å². The second-order valence-electron chi connectivity index (χ2n) is 3.01. The predicted octanol–water partition coefficient (Wildman–Crippen LogP) is 3.94. The van der Waals surface area contributed by atoms with Gasteiger partial charge in [-0.1, -0.05) is 6.92 Å². The molecule has 0 saturated heterocycles. The lowest BCUT2D eigenvalue weighted by atomic mass is 10.1. The van der Waals surface area contributed by atoms with Crippen LogP contribution in [0, 0.1) is 14.9 Å². The molecule has 0 unspecified atom stereocenters. The lowest BCUT2D eigenvalue weighted by Gasteiger charge is -1.95. The summed E-state index contributed by atoms with van der Waals surface area (Å²) in [7, 11) is 0. The first-order valence-corrected chi connectivity index (χ1v) is 6.26. The SMILES string of the molecule is CCc1cc2c(C#N)c(I)ccc2s1. The van der Waals surface area contributed by atoms with E-state index >= 15 is 0 Å². The molecule has 3 heteroatoms. The Balaban J connectivity index is 2.81. The van der Waals surface area contributed by atoms with Crippen LogP contribution in [0.2, 0.25) is 0 Å². The predicted molar refractivity (Wildman–Crippen MR) is 68.6 cm³/mol. The summed E-state index contributed by atoms with van der Waals surface area (Å²) < 4.78 is 2.26. The van der Waals surface area contributed by atoms with Gasteiger partial charge in [-0.2, -0.15) is 5.26 Å². The normalized spacial score (nSPS) is 10.4. The van der Waals surface area contributed by atoms with Crippen molar-refractivity contribution in [1.29, 1.82) is 5.26 Å². The van der Waals surface area contributed by atoms with E-state index in [0.29, 0.717) is 0 Å². The molecule has 0 aliphatic rings. The van der Waals surface area contributed by atoms with Crippen molar-refractivity contribution < 1.29 is 0 Å². The Bertz CT molecular complexity index is 522. The number of aryl methyl sites for hydroxylation is 1. The van der Waals surface area contributed by atoms with Crippen LogP contribution >= 0.6 is 33.9 Å². The molecule has 1 aromatic carbocycles. The van der Waals surface area contributed by atoms with Crippen LogP contribution in [0.25, 0.3) is 10.1 Å². The van der Waals surface area contributed by atoms with Crippen LogP contribution in [0.3, 0.4) is 0 Å². The van der Waals surface area contributed by atoms with Gasteiger partial charge in [-0.15, -0.1) is 11.3 Å². The molecule has 1 nitrogen and oxygen atoms in total. The first-order chi connectivity index (χ1) is 6.76. The summed E-state index contributed by atoms with van der Waals surface area (Å²) in [6, 6.07) is 8.52. The van der Waals surface area contributed by atoms with Gasteiger partial charge in [0.05, 0.1) is 5.56 Å². The average Bonchev–Trinajstić information content (AvgIpc) is 2.60. The van der Waals surface area contributed by atoms with E-state index in [9.17, 15) is 0 Å². The molecule has 0 saturated carbocycles. The van der Waals surface area contributed by atoms with Crippen LogP contribution in [-0.4, -0.2) is 0 Å². The fourth-order valence-electron chi connectivity index (χ4n) is 1.43. The third kappa shape index (κ3) is 1.53. The maximum absolute atomic E-state index is 9.05. The molecular formula is C11H8INS. The van der Waals surface area contributed by atoms with Crippen molar-refractivity contribution in [2.24, 2.45) is 0 Å². The standard InChI is InChI=1S/C11H8INS/c1-2-7-5-8-9(6-13)10(12)3-4-11(8)14-7/h3-5H,2H2,1H3. The van der Waals surface area contributed by atoms with Crippen LogP contribution in [-0.2, 0) is 6.42 Å². The molecule has 1 aromatic heterocycles. The van der Waals surface area contributed by atoms with Gasteiger partial charge >= 0.3 is 0 Å². The van der Waals surface area contributed by atoms with Crippen LogP contribution in [0.4, 0.5) is 0 Å². The maximum atomic E-state index is 9.05. The summed E-state index contributed by atoms with van der Waals surface area (Å²) >= 11 is 3.99. The van der Waals surface area contributed by atoms with Gasteiger partial charge in [-0.3, -0.25) is 0 Å². The van der Waals surface area contributed by atoms with Crippen molar-refractivity contribution in [3.05, 3.63) is 32.2 Å². The minimum atomic E-state index is 0.819. The molecule has 0 N–H and O–H groups in total. The van der Waals surface area contributed by atoms with E-state index in [-0.39, 0.29) is 0 Å². The first-order valence-electron chi connectivity index (χ1n) is 4.37. The van der Waals surface area contributed by atoms with E-state index < -0.39 is 0 Å². The summed E-state index contributed by atoms with van der Waals surface area (Å²) in [5, 5.41) is 10.2. The quantitative estimate of drug-likeness (QED) is 0.732. The molecule has 0 amide bonds. The number of halogens is 1. The highest BCUT2D eigenvalue weighted by Crippen LogP contribution is 2.30. The monoisotopic (exact) mass is 313 g/mol. The molecule has 70 valence electrons. The third-order valence-corrected chi connectivity index (χ3v) is 4.30. The van der Waals surface area contributed by atoms with Crippen molar-refractivity contribution >= 4 is 44.0 Å². The molecule has 2 rings (SSSR count). The summed E-state index contributed by atoms with van der Waals surface area (Å²) in [5.74, 6) is 0. The largest absolute Gasteiger partial charge is 0.192 e. The molecule has 0 atom stereocenters. The zero-order valence-corrected chi connectivity index (χ0v) is 10.6. The highest BCUT2D eigenvalue weighted by atomic mass is 127. The number of hydrogen-bond donors (Lipinski definition) is 0. The Hall–Kier alpha value is -0.600. The number of nitrogens with zero attached hydrogens (tertiary/aromatic N) is 1. The Kier molecular flexibility index (Phi) is 2.75. The van der Waals surface area contributed by atoms with Gasteiger partial charge in [0.2, 0.25) is 0 Å². The van der Waals surface area contributed by atoms with Crippen molar-refractivity contribution in [3.63, 3.8) is 0 Å². The van der Waals surface area contributed by atoms with Crippen LogP contribution in [0.15, 0.2) is 18.2 Å². The van der Waals surface area contributed by atoms with E-state index in [1.165, 1.54) is 9.58 Å². The first kappa shape index (κ1) is 9.94. The summed E-state index contributed by atoms with van der Waals surface area (Å²) in [4.78, 5) is 1.35. The Morgan fingerprint density at radius 2 is 2.29 bits per heavy atom. The zero-order chi connectivity index (χ0) is 10.1. The molecule has 0 aliphatic carbocycles. The Morgan fingerprint density at radius 3 is 2.93 bits per heavy atom. The maximum Gasteiger partial charge on any atom is 0.101 e. The molecule has 14 heavy (non-hydrogen) atoms. The number of hydrogen-bond acceptors (Lipinski definition) is 2. The highest BCUT2D eigenvalue weighted by molar-refractivity contribution is 14.1. The molecular weight excluding hydrogens is 305 g/mol. The molecule has 0 spiro atoms. The summed E-state index contributed by atoms with van der Waals surface area (Å²) in [5.41, 5.74) is 0.819. The van der Waals surface area contributed by atoms with Crippen molar-refractivity contribution in [2.45, 2.75) is 13.3 Å². The van der Waals surface area contributed by atoms with E-state index in [2.05, 4.69) is 47.7 Å². The lowest BCUT2D eigenvalue weighted by molar-refractivity contribution is 1.19. The van der Waals surface area contributed by atoms with Crippen LogP contribution in [0.5, 0.6) is 0 Å². The molecule has 0 fully saturated rings. The van der Waals surface area contributed by atoms with E-state index in [1.54, 1.807) is 11.3 Å². The van der Waals surface area contributed by atoms with Gasteiger partial charge in [0.25, 0.3) is 0 Å². The number of fused-ring (bicyclic) bond motifs is 1. The zero-order valence-electron chi connectivity index (χ0n) is 7.67. The molecule has 2 aromatic rings. The van der Waals surface area contributed by atoms with Crippen molar-refractivity contribution in [1.82, 2.24) is 0 Å². The molecule has 1 heterocycles. The lowest BCUT2D eigenvalue weighted by Crippen LogP contribution is -1.80. The van der Waals surface area contributed by atoms with Gasteiger partial charge in [-0.25, -0.2) is 0 Å². The van der Waals surface area contributed by atoms with E-state index in [1.807, 2.05) is 6.07 Å². The van der Waals surface area contributed by atoms with Crippen molar-refractivity contribution in [2.75, 3.05) is 0 Å². The van der Waals surface area contributed by atoms with E-state index in [4.69, 9.17) is 5.26 Å². The second-order valence-corrected chi connectivity index (χ2v) is 5.34. The topological polar surface area (TPSA) is 23.8 Å². The number of benzene rings is 1. The fraction of sp³-hybridized carbons (Fsp3) is 0.182. The Labute approximate surface area is 101 Å². The molecule has 0 bridgehead atoms. The minimum Gasteiger partial charge on any atom is -0.192 e. The summed E-state index contributed by atoms with van der Waals surface area (Å²) in [6.45, 7) is 2.14. The average molecular weight is 313 g/mol. The minimum absolute atomic E-state index is 0.819. The third-order valence-electron chi connectivity index (χ3n) is 2.16.